The number of ether oxygens (including phenoxy) is 6. The second-order valence-electron chi connectivity index (χ2n) is 24.9. The maximum absolute atomic E-state index is 13.4. The summed E-state index contributed by atoms with van der Waals surface area (Å²) >= 11 is 0. The van der Waals surface area contributed by atoms with E-state index in [4.69, 9.17) is 28.4 Å². The largest absolute Gasteiger partial charge is 0.394 e. The molecule has 0 aromatic rings. The van der Waals surface area contributed by atoms with E-state index in [0.29, 0.717) is 12.8 Å². The third-order valence-electron chi connectivity index (χ3n) is 16.9. The molecular weight excluding hydrogens is 1210 g/mol. The Kier molecular flexibility index (Phi) is 50.0. The van der Waals surface area contributed by atoms with Gasteiger partial charge in [-0.25, -0.2) is 0 Å². The van der Waals surface area contributed by atoms with Crippen molar-refractivity contribution in [1.82, 2.24) is 5.32 Å². The van der Waals surface area contributed by atoms with Gasteiger partial charge in [0, 0.05) is 6.42 Å². The molecule has 3 aliphatic rings. The number of unbranched alkanes of at least 4 members (excludes halogenated alkanes) is 17. The maximum atomic E-state index is 13.4. The molecule has 3 aliphatic heterocycles. The second kappa shape index (κ2) is 55.8. The van der Waals surface area contributed by atoms with E-state index >= 15 is 0 Å². The molecule has 17 atom stereocenters. The minimum atomic E-state index is -1.99. The van der Waals surface area contributed by atoms with Crippen molar-refractivity contribution in [1.29, 1.82) is 0 Å². The number of allylic oxidation sites excluding steroid dienone is 21. The van der Waals surface area contributed by atoms with Gasteiger partial charge in [-0.15, -0.1) is 0 Å². The Morgan fingerprint density at radius 1 is 0.389 bits per heavy atom. The van der Waals surface area contributed by atoms with Gasteiger partial charge in [0.2, 0.25) is 5.91 Å². The van der Waals surface area contributed by atoms with Crippen molar-refractivity contribution in [2.24, 2.45) is 0 Å². The molecule has 3 heterocycles. The van der Waals surface area contributed by atoms with Crippen molar-refractivity contribution in [2.45, 2.75) is 311 Å². The number of carbonyl (C=O) groups is 1. The van der Waals surface area contributed by atoms with Gasteiger partial charge < -0.3 is 89.9 Å². The van der Waals surface area contributed by atoms with E-state index in [9.17, 15) is 61.0 Å². The van der Waals surface area contributed by atoms with Crippen molar-refractivity contribution in [3.05, 3.63) is 134 Å². The number of carbonyl (C=O) groups excluding carboxylic acids is 1. The minimum absolute atomic E-state index is 0.213. The van der Waals surface area contributed by atoms with E-state index in [2.05, 4.69) is 141 Å². The Labute approximate surface area is 569 Å². The van der Waals surface area contributed by atoms with Crippen molar-refractivity contribution in [3.8, 4) is 0 Å². The van der Waals surface area contributed by atoms with Crippen molar-refractivity contribution in [2.75, 3.05) is 26.4 Å². The van der Waals surface area contributed by atoms with Crippen LogP contribution in [0.2, 0.25) is 0 Å². The molecule has 95 heavy (non-hydrogen) atoms. The fourth-order valence-corrected chi connectivity index (χ4v) is 11.1. The SMILES string of the molecule is CC/C=C\C/C=C\C/C=C\C/C=C\C/C=C\C/C=C\C/C=C\C/C=C\CCCCCCCCCCC(=O)NC(COC1OC(CO)C(OC2OC(CO)C(OC3OC(CO)C(O)C(O)C3O)C(O)C2O)C(O)C1O)C(O)/C=C/CC/C=C/CC/C=C/CCCCCCCCC. The third-order valence-corrected chi connectivity index (χ3v) is 16.9. The number of amides is 1. The summed E-state index contributed by atoms with van der Waals surface area (Å²) in [5.41, 5.74) is 0. The molecule has 0 spiro atoms. The summed E-state index contributed by atoms with van der Waals surface area (Å²) in [6, 6.07) is -1.01. The van der Waals surface area contributed by atoms with Gasteiger partial charge in [0.1, 0.15) is 73.2 Å². The summed E-state index contributed by atoms with van der Waals surface area (Å²) in [5, 5.41) is 121. The highest BCUT2D eigenvalue weighted by molar-refractivity contribution is 5.76. The summed E-state index contributed by atoms with van der Waals surface area (Å²) in [4.78, 5) is 13.4. The van der Waals surface area contributed by atoms with E-state index in [1.54, 1.807) is 6.08 Å². The molecular formula is C76H125NO18. The summed E-state index contributed by atoms with van der Waals surface area (Å²) in [6.45, 7) is 1.56. The summed E-state index contributed by atoms with van der Waals surface area (Å²) in [5.74, 6) is -0.305. The van der Waals surface area contributed by atoms with Crippen LogP contribution >= 0.6 is 0 Å². The molecule has 3 fully saturated rings. The summed E-state index contributed by atoms with van der Waals surface area (Å²) in [6.07, 6.45) is 51.4. The number of nitrogens with one attached hydrogen (secondary N) is 1. The lowest BCUT2D eigenvalue weighted by atomic mass is 9.96. The Hall–Kier alpha value is -4.07. The number of aliphatic hydroxyl groups excluding tert-OH is 11. The van der Waals surface area contributed by atoms with E-state index in [-0.39, 0.29) is 18.9 Å². The number of rotatable bonds is 53. The van der Waals surface area contributed by atoms with Gasteiger partial charge in [-0.05, 0) is 109 Å². The van der Waals surface area contributed by atoms with Gasteiger partial charge in [-0.3, -0.25) is 4.79 Å². The Balaban J connectivity index is 1.41. The quantitative estimate of drug-likeness (QED) is 0.0199. The van der Waals surface area contributed by atoms with Crippen LogP contribution in [-0.2, 0) is 33.2 Å². The highest BCUT2D eigenvalue weighted by Crippen LogP contribution is 2.33. The fourth-order valence-electron chi connectivity index (χ4n) is 11.1. The number of hydrogen-bond donors (Lipinski definition) is 12. The molecule has 3 rings (SSSR count). The van der Waals surface area contributed by atoms with Gasteiger partial charge in [-0.2, -0.15) is 0 Å². The van der Waals surface area contributed by atoms with Gasteiger partial charge >= 0.3 is 0 Å². The molecule has 0 aromatic carbocycles. The van der Waals surface area contributed by atoms with E-state index in [0.717, 1.165) is 122 Å². The second-order valence-corrected chi connectivity index (χ2v) is 24.9. The van der Waals surface area contributed by atoms with Gasteiger partial charge in [-0.1, -0.05) is 225 Å². The number of aliphatic hydroxyl groups is 11. The third kappa shape index (κ3) is 37.1. The molecule has 1 amide bonds. The monoisotopic (exact) mass is 1340 g/mol. The van der Waals surface area contributed by atoms with Crippen LogP contribution in [-0.4, -0.2) is 193 Å². The summed E-state index contributed by atoms with van der Waals surface area (Å²) in [7, 11) is 0. The van der Waals surface area contributed by atoms with Crippen molar-refractivity contribution < 1.29 is 89.4 Å². The average molecular weight is 1340 g/mol. The first kappa shape index (κ1) is 85.2. The molecule has 19 heteroatoms. The predicted molar refractivity (Wildman–Crippen MR) is 373 cm³/mol. The molecule has 0 aliphatic carbocycles. The summed E-state index contributed by atoms with van der Waals surface area (Å²) < 4.78 is 34.3. The lowest BCUT2D eigenvalue weighted by Gasteiger charge is -2.48. The van der Waals surface area contributed by atoms with Crippen molar-refractivity contribution >= 4 is 5.91 Å². The van der Waals surface area contributed by atoms with Gasteiger partial charge in [0.25, 0.3) is 0 Å². The minimum Gasteiger partial charge on any atom is -0.394 e. The lowest BCUT2D eigenvalue weighted by molar-refractivity contribution is -0.379. The molecule has 0 saturated carbocycles. The fraction of sp³-hybridized carbons (Fsp3) is 0.697. The molecule has 0 radical (unpaired) electrons. The zero-order valence-electron chi connectivity index (χ0n) is 57.3. The normalized spacial score (nSPS) is 28.0. The Bertz CT molecular complexity index is 2240. The van der Waals surface area contributed by atoms with E-state index in [1.165, 1.54) is 51.4 Å². The van der Waals surface area contributed by atoms with Crippen LogP contribution in [0.25, 0.3) is 0 Å². The first-order valence-corrected chi connectivity index (χ1v) is 35.9. The lowest BCUT2D eigenvalue weighted by Crippen LogP contribution is -2.66. The first-order chi connectivity index (χ1) is 46.3. The molecule has 17 unspecified atom stereocenters. The van der Waals surface area contributed by atoms with Crippen LogP contribution in [0, 0.1) is 0 Å². The smallest absolute Gasteiger partial charge is 0.220 e. The molecule has 12 N–H and O–H groups in total. The topological polar surface area (TPSA) is 307 Å². The van der Waals surface area contributed by atoms with Crippen LogP contribution in [0.4, 0.5) is 0 Å². The van der Waals surface area contributed by atoms with E-state index < -0.39 is 124 Å². The molecule has 0 aromatic heterocycles. The Morgan fingerprint density at radius 3 is 1.18 bits per heavy atom. The van der Waals surface area contributed by atoms with Crippen LogP contribution in [0.1, 0.15) is 206 Å². The molecule has 0 bridgehead atoms. The van der Waals surface area contributed by atoms with Crippen LogP contribution < -0.4 is 5.32 Å². The standard InChI is InChI=1S/C76H125NO18/c1-3-5-7-9-11-13-15-17-19-21-22-23-24-25-26-27-28-29-30-31-32-33-34-35-36-38-40-42-44-46-48-50-52-54-64(82)77-59(60(81)53-51-49-47-45-43-41-39-37-20-18-16-14-12-10-8-6-4-2)58-90-74-70(88)67(85)72(62(56-79)92-74)95-76-71(89)68(86)73(63(57-80)93-76)94-75-69(87)66(84)65(83)61(55-78)91-75/h5,7,11,13,17,19-20,22-23,25-26,28-29,31-32,34-35,37,43,45,51,53,59-63,65-76,78-81,83-89H,3-4,6,8-10,12,14-16,18,21,24,27,30,33,36,38-42,44,46-50,52,54-58H2,1-2H3,(H,77,82)/b7-5-,13-11-,19-17-,23-22-,26-25-,29-28-,32-31-,35-34-,37-20+,45-43+,53-51+. The molecule has 3 saturated heterocycles. The van der Waals surface area contributed by atoms with Crippen molar-refractivity contribution in [3.63, 3.8) is 0 Å². The molecule has 19 nitrogen and oxygen atoms in total. The number of hydrogen-bond acceptors (Lipinski definition) is 18. The van der Waals surface area contributed by atoms with Gasteiger partial charge in [0.05, 0.1) is 38.6 Å². The zero-order valence-corrected chi connectivity index (χ0v) is 57.3. The first-order valence-electron chi connectivity index (χ1n) is 35.9. The molecule has 542 valence electrons. The Morgan fingerprint density at radius 2 is 0.737 bits per heavy atom. The highest BCUT2D eigenvalue weighted by Gasteiger charge is 2.53. The van der Waals surface area contributed by atoms with Gasteiger partial charge in [0.15, 0.2) is 18.9 Å². The highest BCUT2D eigenvalue weighted by atomic mass is 16.8. The predicted octanol–water partition coefficient (Wildman–Crippen LogP) is 10.2. The van der Waals surface area contributed by atoms with Crippen LogP contribution in [0.5, 0.6) is 0 Å². The van der Waals surface area contributed by atoms with Crippen LogP contribution in [0.15, 0.2) is 134 Å². The maximum Gasteiger partial charge on any atom is 0.220 e. The zero-order chi connectivity index (χ0) is 68.9. The van der Waals surface area contributed by atoms with E-state index in [1.807, 2.05) is 6.08 Å². The van der Waals surface area contributed by atoms with Crippen LogP contribution in [0.3, 0.4) is 0 Å². The average Bonchev–Trinajstić information content (AvgIpc) is 0.786.